The fourth-order valence-corrected chi connectivity index (χ4v) is 2.03. The Kier molecular flexibility index (Phi) is 4.79. The third-order valence-electron chi connectivity index (χ3n) is 2.76. The van der Waals surface area contributed by atoms with Crippen LogP contribution in [-0.4, -0.2) is 25.2 Å². The molecular weight excluding hydrogens is 248 g/mol. The van der Waals surface area contributed by atoms with E-state index in [-0.39, 0.29) is 0 Å². The highest BCUT2D eigenvalue weighted by atomic mass is 35.5. The number of rotatable bonds is 6. The maximum atomic E-state index is 6.13. The number of ether oxygens (including phenoxy) is 1. The number of nitrogens with zero attached hydrogens (tertiary/aromatic N) is 1. The molecule has 1 aromatic carbocycles. The molecule has 1 aromatic heterocycles. The van der Waals surface area contributed by atoms with Gasteiger partial charge in [0.1, 0.15) is 11.3 Å². The van der Waals surface area contributed by atoms with Crippen LogP contribution in [-0.2, 0) is 0 Å². The zero-order valence-electron chi connectivity index (χ0n) is 10.4. The molecule has 0 radical (unpaired) electrons. The molecule has 0 saturated carbocycles. The number of aromatic nitrogens is 1. The summed E-state index contributed by atoms with van der Waals surface area (Å²) in [5.74, 6) is 0.805. The lowest BCUT2D eigenvalue weighted by molar-refractivity contribution is 0.309. The van der Waals surface area contributed by atoms with Crippen molar-refractivity contribution in [1.29, 1.82) is 0 Å². The fraction of sp³-hybridized carbons (Fsp3) is 0.357. The molecular formula is C14H17ClN2O. The monoisotopic (exact) mass is 264 g/mol. The van der Waals surface area contributed by atoms with Crippen LogP contribution in [0.4, 0.5) is 0 Å². The SMILES string of the molecule is CNCCCCOc1ccc(Cl)c2cccnc12. The normalized spacial score (nSPS) is 10.8. The second kappa shape index (κ2) is 6.57. The van der Waals surface area contributed by atoms with Gasteiger partial charge in [-0.2, -0.15) is 0 Å². The first kappa shape index (κ1) is 13.1. The number of halogens is 1. The van der Waals surface area contributed by atoms with Crippen LogP contribution in [0.15, 0.2) is 30.5 Å². The molecule has 2 rings (SSSR count). The third-order valence-corrected chi connectivity index (χ3v) is 3.09. The summed E-state index contributed by atoms with van der Waals surface area (Å²) in [5.41, 5.74) is 0.832. The Morgan fingerprint density at radius 3 is 3.00 bits per heavy atom. The Balaban J connectivity index is 2.07. The highest BCUT2D eigenvalue weighted by Crippen LogP contribution is 2.29. The second-order valence-electron chi connectivity index (χ2n) is 4.10. The van der Waals surface area contributed by atoms with Gasteiger partial charge in [-0.25, -0.2) is 0 Å². The van der Waals surface area contributed by atoms with Gasteiger partial charge in [0, 0.05) is 11.6 Å². The van der Waals surface area contributed by atoms with E-state index in [1.807, 2.05) is 31.3 Å². The molecule has 0 unspecified atom stereocenters. The molecule has 0 saturated heterocycles. The van der Waals surface area contributed by atoms with Crippen molar-refractivity contribution in [2.75, 3.05) is 20.2 Å². The van der Waals surface area contributed by atoms with Crippen molar-refractivity contribution in [3.05, 3.63) is 35.5 Å². The first-order chi connectivity index (χ1) is 8.83. The molecule has 1 N–H and O–H groups in total. The summed E-state index contributed by atoms with van der Waals surface area (Å²) in [6.07, 6.45) is 3.89. The van der Waals surface area contributed by atoms with Gasteiger partial charge < -0.3 is 10.1 Å². The summed E-state index contributed by atoms with van der Waals surface area (Å²) >= 11 is 6.13. The highest BCUT2D eigenvalue weighted by molar-refractivity contribution is 6.35. The van der Waals surface area contributed by atoms with Crippen LogP contribution in [0.2, 0.25) is 5.02 Å². The first-order valence-corrected chi connectivity index (χ1v) is 6.51. The van der Waals surface area contributed by atoms with Crippen LogP contribution < -0.4 is 10.1 Å². The number of unbranched alkanes of at least 4 members (excludes halogenated alkanes) is 1. The van der Waals surface area contributed by atoms with Crippen LogP contribution in [0.25, 0.3) is 10.9 Å². The van der Waals surface area contributed by atoms with Crippen molar-refractivity contribution in [3.63, 3.8) is 0 Å². The maximum absolute atomic E-state index is 6.13. The molecule has 18 heavy (non-hydrogen) atoms. The predicted octanol–water partition coefficient (Wildman–Crippen LogP) is 3.27. The van der Waals surface area contributed by atoms with Gasteiger partial charge in [0.2, 0.25) is 0 Å². The third kappa shape index (κ3) is 3.12. The Hall–Kier alpha value is -1.32. The summed E-state index contributed by atoms with van der Waals surface area (Å²) in [5, 5.41) is 4.76. The minimum atomic E-state index is 0.703. The van der Waals surface area contributed by atoms with E-state index in [1.165, 1.54) is 0 Å². The molecule has 2 aromatic rings. The van der Waals surface area contributed by atoms with E-state index in [2.05, 4.69) is 10.3 Å². The summed E-state index contributed by atoms with van der Waals surface area (Å²) in [6, 6.07) is 7.58. The van der Waals surface area contributed by atoms with E-state index >= 15 is 0 Å². The number of nitrogens with one attached hydrogen (secondary N) is 1. The molecule has 0 fully saturated rings. The molecule has 3 nitrogen and oxygen atoms in total. The maximum Gasteiger partial charge on any atom is 0.145 e. The average molecular weight is 265 g/mol. The number of hydrogen-bond acceptors (Lipinski definition) is 3. The lowest BCUT2D eigenvalue weighted by Gasteiger charge is -2.09. The fourth-order valence-electron chi connectivity index (χ4n) is 1.81. The van der Waals surface area contributed by atoms with E-state index in [0.717, 1.165) is 36.0 Å². The van der Waals surface area contributed by atoms with Crippen molar-refractivity contribution in [2.45, 2.75) is 12.8 Å². The Morgan fingerprint density at radius 1 is 1.28 bits per heavy atom. The molecule has 0 aliphatic rings. The molecule has 0 atom stereocenters. The number of benzene rings is 1. The summed E-state index contributed by atoms with van der Waals surface area (Å²) < 4.78 is 5.77. The van der Waals surface area contributed by atoms with E-state index in [4.69, 9.17) is 16.3 Å². The van der Waals surface area contributed by atoms with Crippen LogP contribution >= 0.6 is 11.6 Å². The van der Waals surface area contributed by atoms with Gasteiger partial charge in [-0.15, -0.1) is 0 Å². The lowest BCUT2D eigenvalue weighted by atomic mass is 10.2. The van der Waals surface area contributed by atoms with Crippen molar-refractivity contribution in [3.8, 4) is 5.75 Å². The van der Waals surface area contributed by atoms with Gasteiger partial charge in [-0.05, 0) is 50.7 Å². The number of hydrogen-bond donors (Lipinski definition) is 1. The predicted molar refractivity (Wildman–Crippen MR) is 75.4 cm³/mol. The van der Waals surface area contributed by atoms with E-state index in [1.54, 1.807) is 6.20 Å². The van der Waals surface area contributed by atoms with Gasteiger partial charge in [-0.3, -0.25) is 4.98 Å². The standard InChI is InChI=1S/C14H17ClN2O/c1-16-8-2-3-10-18-13-7-6-12(15)11-5-4-9-17-14(11)13/h4-7,9,16H,2-3,8,10H2,1H3. The van der Waals surface area contributed by atoms with Gasteiger partial charge >= 0.3 is 0 Å². The van der Waals surface area contributed by atoms with E-state index < -0.39 is 0 Å². The van der Waals surface area contributed by atoms with Crippen molar-refractivity contribution < 1.29 is 4.74 Å². The highest BCUT2D eigenvalue weighted by Gasteiger charge is 2.06. The minimum Gasteiger partial charge on any atom is -0.491 e. The van der Waals surface area contributed by atoms with Gasteiger partial charge in [0.05, 0.1) is 11.6 Å². The second-order valence-corrected chi connectivity index (χ2v) is 4.51. The van der Waals surface area contributed by atoms with Crippen LogP contribution in [0.3, 0.4) is 0 Å². The Morgan fingerprint density at radius 2 is 2.17 bits per heavy atom. The van der Waals surface area contributed by atoms with Crippen LogP contribution in [0, 0.1) is 0 Å². The zero-order valence-corrected chi connectivity index (χ0v) is 11.2. The average Bonchev–Trinajstić information content (AvgIpc) is 2.41. The number of fused-ring (bicyclic) bond motifs is 1. The Labute approximate surface area is 112 Å². The van der Waals surface area contributed by atoms with Crippen molar-refractivity contribution >= 4 is 22.5 Å². The molecule has 0 aliphatic heterocycles. The molecule has 0 spiro atoms. The van der Waals surface area contributed by atoms with E-state index in [9.17, 15) is 0 Å². The van der Waals surface area contributed by atoms with E-state index in [0.29, 0.717) is 11.6 Å². The molecule has 4 heteroatoms. The van der Waals surface area contributed by atoms with Crippen LogP contribution in [0.1, 0.15) is 12.8 Å². The summed E-state index contributed by atoms with van der Waals surface area (Å²) in [4.78, 5) is 4.34. The zero-order chi connectivity index (χ0) is 12.8. The molecule has 0 amide bonds. The summed E-state index contributed by atoms with van der Waals surface area (Å²) in [6.45, 7) is 1.72. The topological polar surface area (TPSA) is 34.1 Å². The summed E-state index contributed by atoms with van der Waals surface area (Å²) in [7, 11) is 1.96. The van der Waals surface area contributed by atoms with Crippen molar-refractivity contribution in [1.82, 2.24) is 10.3 Å². The minimum absolute atomic E-state index is 0.703. The lowest BCUT2D eigenvalue weighted by Crippen LogP contribution is -2.09. The smallest absolute Gasteiger partial charge is 0.145 e. The first-order valence-electron chi connectivity index (χ1n) is 6.13. The van der Waals surface area contributed by atoms with Gasteiger partial charge in [0.25, 0.3) is 0 Å². The van der Waals surface area contributed by atoms with Crippen molar-refractivity contribution in [2.24, 2.45) is 0 Å². The number of pyridine rings is 1. The molecule has 1 heterocycles. The van der Waals surface area contributed by atoms with Crippen LogP contribution in [0.5, 0.6) is 5.75 Å². The van der Waals surface area contributed by atoms with Gasteiger partial charge in [-0.1, -0.05) is 11.6 Å². The molecule has 96 valence electrons. The molecule has 0 bridgehead atoms. The molecule has 0 aliphatic carbocycles. The quantitative estimate of drug-likeness (QED) is 0.813. The van der Waals surface area contributed by atoms with Gasteiger partial charge in [0.15, 0.2) is 0 Å². The Bertz CT molecular complexity index is 516. The largest absolute Gasteiger partial charge is 0.491 e.